The lowest BCUT2D eigenvalue weighted by atomic mass is 10.2. The standard InChI is InChI=1S/C8H10FNO/c1-11-8-6-7(2-4-9)3-5-10-8/h3,5-6H,2,4H2,1H3. The molecule has 1 aromatic rings. The van der Waals surface area contributed by atoms with Crippen LogP contribution in [0.1, 0.15) is 5.56 Å². The molecular formula is C8H10FNO. The third kappa shape index (κ3) is 2.18. The lowest BCUT2D eigenvalue weighted by Crippen LogP contribution is -1.91. The molecule has 0 saturated carbocycles. The average molecular weight is 155 g/mol. The molecule has 0 unspecified atom stereocenters. The molecule has 0 aliphatic heterocycles. The Morgan fingerprint density at radius 1 is 1.64 bits per heavy atom. The summed E-state index contributed by atoms with van der Waals surface area (Å²) in [6, 6.07) is 3.52. The van der Waals surface area contributed by atoms with E-state index in [1.165, 1.54) is 0 Å². The number of alkyl halides is 1. The maximum atomic E-state index is 11.9. The summed E-state index contributed by atoms with van der Waals surface area (Å²) >= 11 is 0. The molecule has 0 atom stereocenters. The van der Waals surface area contributed by atoms with E-state index in [4.69, 9.17) is 4.74 Å². The Morgan fingerprint density at radius 2 is 2.45 bits per heavy atom. The van der Waals surface area contributed by atoms with Crippen LogP contribution in [0.2, 0.25) is 0 Å². The summed E-state index contributed by atoms with van der Waals surface area (Å²) in [5.41, 5.74) is 0.916. The van der Waals surface area contributed by atoms with Crippen molar-refractivity contribution < 1.29 is 9.13 Å². The first-order valence-corrected chi connectivity index (χ1v) is 3.41. The molecule has 1 rings (SSSR count). The smallest absolute Gasteiger partial charge is 0.213 e. The predicted molar refractivity (Wildman–Crippen MR) is 40.5 cm³/mol. The monoisotopic (exact) mass is 155 g/mol. The second-order valence-corrected chi connectivity index (χ2v) is 2.15. The van der Waals surface area contributed by atoms with Crippen molar-refractivity contribution in [1.29, 1.82) is 0 Å². The summed E-state index contributed by atoms with van der Waals surface area (Å²) in [6.07, 6.45) is 2.04. The Morgan fingerprint density at radius 3 is 3.09 bits per heavy atom. The quantitative estimate of drug-likeness (QED) is 0.661. The van der Waals surface area contributed by atoms with Crippen LogP contribution in [0.25, 0.3) is 0 Å². The lowest BCUT2D eigenvalue weighted by molar-refractivity contribution is 0.396. The zero-order valence-corrected chi connectivity index (χ0v) is 6.38. The molecule has 0 aliphatic rings. The highest BCUT2D eigenvalue weighted by Crippen LogP contribution is 2.08. The van der Waals surface area contributed by atoms with E-state index >= 15 is 0 Å². The van der Waals surface area contributed by atoms with Crippen LogP contribution in [0.15, 0.2) is 18.3 Å². The normalized spacial score (nSPS) is 9.64. The van der Waals surface area contributed by atoms with Gasteiger partial charge in [-0.1, -0.05) is 0 Å². The molecule has 0 radical (unpaired) electrons. The zero-order valence-electron chi connectivity index (χ0n) is 6.38. The Labute approximate surface area is 65.0 Å². The summed E-state index contributed by atoms with van der Waals surface area (Å²) in [5, 5.41) is 0. The molecule has 0 N–H and O–H groups in total. The molecule has 0 aliphatic carbocycles. The fourth-order valence-electron chi connectivity index (χ4n) is 0.827. The molecule has 1 heterocycles. The Hall–Kier alpha value is -1.12. The maximum Gasteiger partial charge on any atom is 0.213 e. The fourth-order valence-corrected chi connectivity index (χ4v) is 0.827. The molecule has 0 spiro atoms. The van der Waals surface area contributed by atoms with E-state index in [-0.39, 0.29) is 6.67 Å². The van der Waals surface area contributed by atoms with E-state index < -0.39 is 0 Å². The van der Waals surface area contributed by atoms with E-state index in [0.29, 0.717) is 12.3 Å². The van der Waals surface area contributed by atoms with Gasteiger partial charge in [0.05, 0.1) is 13.8 Å². The number of rotatable bonds is 3. The van der Waals surface area contributed by atoms with Crippen molar-refractivity contribution >= 4 is 0 Å². The minimum absolute atomic E-state index is 0.340. The van der Waals surface area contributed by atoms with Gasteiger partial charge >= 0.3 is 0 Å². The van der Waals surface area contributed by atoms with Crippen LogP contribution in [0.5, 0.6) is 5.88 Å². The summed E-state index contributed by atoms with van der Waals surface area (Å²) in [7, 11) is 1.54. The van der Waals surface area contributed by atoms with Crippen molar-refractivity contribution in [3.63, 3.8) is 0 Å². The second kappa shape index (κ2) is 3.91. The first-order chi connectivity index (χ1) is 5.36. The molecule has 2 nitrogen and oxygen atoms in total. The Kier molecular flexibility index (Phi) is 2.83. The van der Waals surface area contributed by atoms with Crippen LogP contribution in [0.4, 0.5) is 4.39 Å². The van der Waals surface area contributed by atoms with Crippen LogP contribution < -0.4 is 4.74 Å². The first kappa shape index (κ1) is 7.98. The molecule has 11 heavy (non-hydrogen) atoms. The topological polar surface area (TPSA) is 22.1 Å². The van der Waals surface area contributed by atoms with Crippen molar-refractivity contribution in [2.24, 2.45) is 0 Å². The summed E-state index contributed by atoms with van der Waals surface area (Å²) in [4.78, 5) is 3.90. The van der Waals surface area contributed by atoms with Crippen molar-refractivity contribution in [3.05, 3.63) is 23.9 Å². The van der Waals surface area contributed by atoms with Crippen molar-refractivity contribution in [2.45, 2.75) is 6.42 Å². The number of aromatic nitrogens is 1. The van der Waals surface area contributed by atoms with Crippen LogP contribution >= 0.6 is 0 Å². The highest BCUT2D eigenvalue weighted by Gasteiger charge is 1.95. The number of nitrogens with zero attached hydrogens (tertiary/aromatic N) is 1. The van der Waals surface area contributed by atoms with Gasteiger partial charge in [0.15, 0.2) is 0 Å². The van der Waals surface area contributed by atoms with Gasteiger partial charge in [-0.25, -0.2) is 4.98 Å². The predicted octanol–water partition coefficient (Wildman–Crippen LogP) is 1.60. The second-order valence-electron chi connectivity index (χ2n) is 2.15. The Balaban J connectivity index is 2.74. The highest BCUT2D eigenvalue weighted by atomic mass is 19.1. The van der Waals surface area contributed by atoms with E-state index in [1.54, 1.807) is 25.4 Å². The number of halogens is 1. The van der Waals surface area contributed by atoms with Crippen LogP contribution in [-0.2, 0) is 6.42 Å². The molecule has 3 heteroatoms. The third-order valence-corrected chi connectivity index (χ3v) is 1.39. The number of pyridine rings is 1. The summed E-state index contributed by atoms with van der Waals surface area (Å²) in [5.74, 6) is 0.538. The summed E-state index contributed by atoms with van der Waals surface area (Å²) in [6.45, 7) is -0.340. The molecule has 0 fully saturated rings. The molecule has 0 amide bonds. The van der Waals surface area contributed by atoms with Crippen LogP contribution in [0, 0.1) is 0 Å². The Bertz CT molecular complexity index is 227. The third-order valence-electron chi connectivity index (χ3n) is 1.39. The van der Waals surface area contributed by atoms with E-state index in [9.17, 15) is 4.39 Å². The van der Waals surface area contributed by atoms with Gasteiger partial charge in [0.2, 0.25) is 5.88 Å². The number of ether oxygens (including phenoxy) is 1. The van der Waals surface area contributed by atoms with Crippen molar-refractivity contribution in [1.82, 2.24) is 4.98 Å². The van der Waals surface area contributed by atoms with Crippen LogP contribution in [-0.4, -0.2) is 18.8 Å². The minimum atomic E-state index is -0.340. The number of methoxy groups -OCH3 is 1. The molecule has 0 aromatic carbocycles. The lowest BCUT2D eigenvalue weighted by Gasteiger charge is -1.99. The summed E-state index contributed by atoms with van der Waals surface area (Å²) < 4.78 is 16.7. The maximum absolute atomic E-state index is 11.9. The van der Waals surface area contributed by atoms with Gasteiger partial charge < -0.3 is 4.74 Å². The van der Waals surface area contributed by atoms with Gasteiger partial charge in [-0.05, 0) is 11.6 Å². The first-order valence-electron chi connectivity index (χ1n) is 3.41. The fraction of sp³-hybridized carbons (Fsp3) is 0.375. The molecule has 60 valence electrons. The van der Waals surface area contributed by atoms with Crippen molar-refractivity contribution in [3.8, 4) is 5.88 Å². The van der Waals surface area contributed by atoms with Crippen molar-refractivity contribution in [2.75, 3.05) is 13.8 Å². The van der Waals surface area contributed by atoms with Gasteiger partial charge in [-0.15, -0.1) is 0 Å². The zero-order chi connectivity index (χ0) is 8.10. The van der Waals surface area contributed by atoms with Gasteiger partial charge in [-0.3, -0.25) is 4.39 Å². The van der Waals surface area contributed by atoms with Gasteiger partial charge in [-0.2, -0.15) is 0 Å². The van der Waals surface area contributed by atoms with Crippen LogP contribution in [0.3, 0.4) is 0 Å². The molecular weight excluding hydrogens is 145 g/mol. The van der Waals surface area contributed by atoms with Gasteiger partial charge in [0.25, 0.3) is 0 Å². The SMILES string of the molecule is COc1cc(CCF)ccn1. The van der Waals surface area contributed by atoms with E-state index in [0.717, 1.165) is 5.56 Å². The van der Waals surface area contributed by atoms with E-state index in [1.807, 2.05) is 0 Å². The molecule has 0 bridgehead atoms. The molecule has 1 aromatic heterocycles. The number of hydrogen-bond donors (Lipinski definition) is 0. The van der Waals surface area contributed by atoms with E-state index in [2.05, 4.69) is 4.98 Å². The highest BCUT2D eigenvalue weighted by molar-refractivity contribution is 5.20. The van der Waals surface area contributed by atoms with Gasteiger partial charge in [0.1, 0.15) is 0 Å². The average Bonchev–Trinajstić information content (AvgIpc) is 2.06. The minimum Gasteiger partial charge on any atom is -0.481 e. The number of aryl methyl sites for hydroxylation is 1. The largest absolute Gasteiger partial charge is 0.481 e. The molecule has 0 saturated heterocycles. The number of hydrogen-bond acceptors (Lipinski definition) is 2. The van der Waals surface area contributed by atoms with Gasteiger partial charge in [0, 0.05) is 18.7 Å².